The molecule has 0 unspecified atom stereocenters. The zero-order chi connectivity index (χ0) is 16.7. The molecule has 0 bridgehead atoms. The Morgan fingerprint density at radius 3 is 1.70 bits per heavy atom. The largest absolute Gasteiger partial charge is 0.304 e. The van der Waals surface area contributed by atoms with E-state index >= 15 is 0 Å². The summed E-state index contributed by atoms with van der Waals surface area (Å²) in [6.45, 7) is 17.3. The van der Waals surface area contributed by atoms with Crippen molar-refractivity contribution in [1.29, 1.82) is 0 Å². The highest BCUT2D eigenvalue weighted by molar-refractivity contribution is 5.00. The third-order valence-corrected chi connectivity index (χ3v) is 7.43. The summed E-state index contributed by atoms with van der Waals surface area (Å²) >= 11 is 0. The summed E-state index contributed by atoms with van der Waals surface area (Å²) in [6, 6.07) is 0. The standard InChI is InChI=1S/C20H39N3/c1-18(2,3)22-12-10-20(11-13-22)8-6-19(4,7-9-20)23-16-14-21(5)15-17-23/h6-17H2,1-5H3. The molecule has 0 radical (unpaired) electrons. The van der Waals surface area contributed by atoms with E-state index in [1.165, 1.54) is 77.8 Å². The van der Waals surface area contributed by atoms with Crippen LogP contribution in [-0.2, 0) is 0 Å². The number of nitrogens with zero attached hydrogens (tertiary/aromatic N) is 3. The molecule has 0 N–H and O–H groups in total. The van der Waals surface area contributed by atoms with Crippen molar-refractivity contribution in [3.05, 3.63) is 0 Å². The Kier molecular flexibility index (Phi) is 4.85. The molecule has 2 aliphatic heterocycles. The third kappa shape index (κ3) is 3.77. The van der Waals surface area contributed by atoms with E-state index < -0.39 is 0 Å². The van der Waals surface area contributed by atoms with Crippen LogP contribution in [0.15, 0.2) is 0 Å². The smallest absolute Gasteiger partial charge is 0.0182 e. The maximum atomic E-state index is 2.81. The van der Waals surface area contributed by atoms with Crippen LogP contribution < -0.4 is 0 Å². The van der Waals surface area contributed by atoms with Crippen LogP contribution in [0, 0.1) is 5.41 Å². The summed E-state index contributed by atoms with van der Waals surface area (Å²) in [5.41, 5.74) is 1.51. The second kappa shape index (κ2) is 6.31. The highest BCUT2D eigenvalue weighted by atomic mass is 15.3. The summed E-state index contributed by atoms with van der Waals surface area (Å²) in [6.07, 6.45) is 8.65. The van der Waals surface area contributed by atoms with Crippen molar-refractivity contribution >= 4 is 0 Å². The van der Waals surface area contributed by atoms with E-state index in [2.05, 4.69) is 49.4 Å². The first kappa shape index (κ1) is 17.7. The Morgan fingerprint density at radius 2 is 1.22 bits per heavy atom. The molecular formula is C20H39N3. The average Bonchev–Trinajstić information content (AvgIpc) is 2.51. The van der Waals surface area contributed by atoms with E-state index in [0.717, 1.165) is 0 Å². The Hall–Kier alpha value is -0.120. The normalized spacial score (nSPS) is 30.7. The van der Waals surface area contributed by atoms with Crippen molar-refractivity contribution in [2.24, 2.45) is 5.41 Å². The lowest BCUT2D eigenvalue weighted by molar-refractivity contribution is -0.0367. The van der Waals surface area contributed by atoms with Gasteiger partial charge in [0, 0.05) is 37.3 Å². The molecule has 0 atom stereocenters. The lowest BCUT2D eigenvalue weighted by Gasteiger charge is -2.54. The molecule has 2 saturated heterocycles. The first-order valence-corrected chi connectivity index (χ1v) is 9.91. The predicted octanol–water partition coefficient (Wildman–Crippen LogP) is 3.45. The Labute approximate surface area is 144 Å². The van der Waals surface area contributed by atoms with E-state index in [1.807, 2.05) is 0 Å². The second-order valence-electron chi connectivity index (χ2n) is 9.95. The van der Waals surface area contributed by atoms with Gasteiger partial charge in [-0.25, -0.2) is 0 Å². The van der Waals surface area contributed by atoms with Crippen LogP contribution in [0.2, 0.25) is 0 Å². The molecule has 134 valence electrons. The summed E-state index contributed by atoms with van der Waals surface area (Å²) in [5, 5.41) is 0. The van der Waals surface area contributed by atoms with Gasteiger partial charge in [-0.05, 0) is 91.8 Å². The van der Waals surface area contributed by atoms with Gasteiger partial charge in [0.25, 0.3) is 0 Å². The highest BCUT2D eigenvalue weighted by Crippen LogP contribution is 2.49. The topological polar surface area (TPSA) is 9.72 Å². The van der Waals surface area contributed by atoms with Gasteiger partial charge in [0.05, 0.1) is 0 Å². The van der Waals surface area contributed by atoms with Crippen molar-refractivity contribution in [1.82, 2.24) is 14.7 Å². The summed E-state index contributed by atoms with van der Waals surface area (Å²) in [7, 11) is 2.26. The Balaban J connectivity index is 1.54. The van der Waals surface area contributed by atoms with Crippen LogP contribution in [0.5, 0.6) is 0 Å². The van der Waals surface area contributed by atoms with Gasteiger partial charge in [-0.15, -0.1) is 0 Å². The van der Waals surface area contributed by atoms with E-state index in [9.17, 15) is 0 Å². The Morgan fingerprint density at radius 1 is 0.696 bits per heavy atom. The molecule has 3 fully saturated rings. The van der Waals surface area contributed by atoms with E-state index in [1.54, 1.807) is 0 Å². The van der Waals surface area contributed by atoms with Gasteiger partial charge in [-0.2, -0.15) is 0 Å². The van der Waals surface area contributed by atoms with Crippen molar-refractivity contribution in [3.8, 4) is 0 Å². The first-order chi connectivity index (χ1) is 10.7. The zero-order valence-corrected chi connectivity index (χ0v) is 16.3. The summed E-state index contributed by atoms with van der Waals surface area (Å²) < 4.78 is 0. The molecule has 3 rings (SSSR count). The lowest BCUT2D eigenvalue weighted by atomic mass is 9.63. The molecule has 3 nitrogen and oxygen atoms in total. The van der Waals surface area contributed by atoms with Crippen molar-refractivity contribution < 1.29 is 0 Å². The quantitative estimate of drug-likeness (QED) is 0.732. The second-order valence-corrected chi connectivity index (χ2v) is 9.95. The van der Waals surface area contributed by atoms with Crippen LogP contribution in [0.3, 0.4) is 0 Å². The minimum Gasteiger partial charge on any atom is -0.304 e. The van der Waals surface area contributed by atoms with Crippen molar-refractivity contribution in [2.45, 2.75) is 77.3 Å². The first-order valence-electron chi connectivity index (χ1n) is 9.91. The maximum absolute atomic E-state index is 2.81. The molecule has 23 heavy (non-hydrogen) atoms. The van der Waals surface area contributed by atoms with Gasteiger partial charge in [0.2, 0.25) is 0 Å². The van der Waals surface area contributed by atoms with E-state index in [0.29, 0.717) is 16.5 Å². The molecule has 0 aromatic carbocycles. The van der Waals surface area contributed by atoms with Crippen LogP contribution in [0.1, 0.15) is 66.2 Å². The van der Waals surface area contributed by atoms with Gasteiger partial charge in [-0.3, -0.25) is 9.80 Å². The molecule has 2 heterocycles. The van der Waals surface area contributed by atoms with Crippen LogP contribution in [0.25, 0.3) is 0 Å². The number of hydrogen-bond acceptors (Lipinski definition) is 3. The van der Waals surface area contributed by atoms with Gasteiger partial charge in [0.15, 0.2) is 0 Å². The number of piperazine rings is 1. The van der Waals surface area contributed by atoms with Gasteiger partial charge in [0.1, 0.15) is 0 Å². The third-order valence-electron chi connectivity index (χ3n) is 7.43. The molecule has 0 aromatic heterocycles. The zero-order valence-electron chi connectivity index (χ0n) is 16.3. The van der Waals surface area contributed by atoms with Crippen LogP contribution in [-0.4, -0.2) is 72.1 Å². The van der Waals surface area contributed by atoms with E-state index in [-0.39, 0.29) is 0 Å². The van der Waals surface area contributed by atoms with Gasteiger partial charge >= 0.3 is 0 Å². The molecule has 0 aromatic rings. The number of piperidine rings is 1. The molecule has 3 aliphatic rings. The number of hydrogen-bond donors (Lipinski definition) is 0. The lowest BCUT2D eigenvalue weighted by Crippen LogP contribution is -2.58. The Bertz CT molecular complexity index is 386. The van der Waals surface area contributed by atoms with Crippen LogP contribution >= 0.6 is 0 Å². The monoisotopic (exact) mass is 321 g/mol. The van der Waals surface area contributed by atoms with Crippen molar-refractivity contribution in [2.75, 3.05) is 46.3 Å². The molecule has 0 amide bonds. The molecular weight excluding hydrogens is 282 g/mol. The fourth-order valence-corrected chi connectivity index (χ4v) is 5.13. The fourth-order valence-electron chi connectivity index (χ4n) is 5.13. The molecule has 1 saturated carbocycles. The molecule has 3 heteroatoms. The maximum Gasteiger partial charge on any atom is 0.0182 e. The number of likely N-dealkylation sites (tertiary alicyclic amines) is 1. The minimum absolute atomic E-state index is 0.352. The summed E-state index contributed by atoms with van der Waals surface area (Å²) in [5.74, 6) is 0. The SMILES string of the molecule is CN1CCN(C2(C)CCC3(CCN(C(C)(C)C)CC3)CC2)CC1. The van der Waals surface area contributed by atoms with Gasteiger partial charge < -0.3 is 4.90 Å². The van der Waals surface area contributed by atoms with Crippen molar-refractivity contribution in [3.63, 3.8) is 0 Å². The highest BCUT2D eigenvalue weighted by Gasteiger charge is 2.45. The van der Waals surface area contributed by atoms with E-state index in [4.69, 9.17) is 0 Å². The number of likely N-dealkylation sites (N-methyl/N-ethyl adjacent to an activating group) is 1. The summed E-state index contributed by atoms with van der Waals surface area (Å²) in [4.78, 5) is 7.99. The molecule has 1 aliphatic carbocycles. The fraction of sp³-hybridized carbons (Fsp3) is 1.00. The minimum atomic E-state index is 0.352. The average molecular weight is 322 g/mol. The van der Waals surface area contributed by atoms with Gasteiger partial charge in [-0.1, -0.05) is 0 Å². The molecule has 1 spiro atoms. The van der Waals surface area contributed by atoms with Crippen LogP contribution in [0.4, 0.5) is 0 Å². The predicted molar refractivity (Wildman–Crippen MR) is 98.9 cm³/mol. The number of rotatable bonds is 1.